The average molecular weight is 286 g/mol. The SMILES string of the molecule is CC(C)(C)OC(=O)CNC1CN(C(=O)OC(C)(C)C)C1. The van der Waals surface area contributed by atoms with E-state index >= 15 is 0 Å². The molecule has 1 aliphatic heterocycles. The number of carbonyl (C=O) groups excluding carboxylic acids is 2. The van der Waals surface area contributed by atoms with Gasteiger partial charge >= 0.3 is 12.1 Å². The van der Waals surface area contributed by atoms with Crippen LogP contribution in [0.3, 0.4) is 0 Å². The lowest BCUT2D eigenvalue weighted by Gasteiger charge is -2.40. The Morgan fingerprint density at radius 1 is 1.05 bits per heavy atom. The topological polar surface area (TPSA) is 67.9 Å². The van der Waals surface area contributed by atoms with Gasteiger partial charge in [-0.1, -0.05) is 0 Å². The Hall–Kier alpha value is -1.30. The fourth-order valence-electron chi connectivity index (χ4n) is 1.69. The summed E-state index contributed by atoms with van der Waals surface area (Å²) in [5, 5.41) is 3.07. The minimum Gasteiger partial charge on any atom is -0.459 e. The van der Waals surface area contributed by atoms with Crippen molar-refractivity contribution >= 4 is 12.1 Å². The second-order valence-electron chi connectivity index (χ2n) is 7.05. The average Bonchev–Trinajstić information content (AvgIpc) is 2.08. The Labute approximate surface area is 120 Å². The van der Waals surface area contributed by atoms with Crippen LogP contribution in [0.15, 0.2) is 0 Å². The number of nitrogens with zero attached hydrogens (tertiary/aromatic N) is 1. The summed E-state index contributed by atoms with van der Waals surface area (Å²) in [6.07, 6.45) is -0.312. The smallest absolute Gasteiger partial charge is 0.410 e. The third kappa shape index (κ3) is 6.23. The number of rotatable bonds is 3. The highest BCUT2D eigenvalue weighted by Gasteiger charge is 2.33. The van der Waals surface area contributed by atoms with Gasteiger partial charge in [-0.25, -0.2) is 4.79 Å². The molecule has 1 amide bonds. The Morgan fingerprint density at radius 2 is 1.55 bits per heavy atom. The molecular formula is C14H26N2O4. The summed E-state index contributed by atoms with van der Waals surface area (Å²) in [5.41, 5.74) is -0.951. The normalized spacial score (nSPS) is 16.6. The molecule has 0 atom stereocenters. The minimum absolute atomic E-state index is 0.120. The highest BCUT2D eigenvalue weighted by atomic mass is 16.6. The van der Waals surface area contributed by atoms with E-state index in [0.29, 0.717) is 13.1 Å². The number of amides is 1. The molecule has 1 N–H and O–H groups in total. The van der Waals surface area contributed by atoms with E-state index in [9.17, 15) is 9.59 Å². The lowest BCUT2D eigenvalue weighted by atomic mass is 10.1. The number of ether oxygens (including phenoxy) is 2. The lowest BCUT2D eigenvalue weighted by Crippen LogP contribution is -2.61. The van der Waals surface area contributed by atoms with E-state index in [4.69, 9.17) is 9.47 Å². The zero-order valence-corrected chi connectivity index (χ0v) is 13.3. The monoisotopic (exact) mass is 286 g/mol. The minimum atomic E-state index is -0.480. The summed E-state index contributed by atoms with van der Waals surface area (Å²) >= 11 is 0. The van der Waals surface area contributed by atoms with Gasteiger partial charge in [-0.3, -0.25) is 4.79 Å². The second kappa shape index (κ2) is 5.99. The van der Waals surface area contributed by atoms with E-state index in [1.54, 1.807) is 4.90 Å². The van der Waals surface area contributed by atoms with E-state index in [0.717, 1.165) is 0 Å². The van der Waals surface area contributed by atoms with Crippen LogP contribution >= 0.6 is 0 Å². The van der Waals surface area contributed by atoms with E-state index in [1.807, 2.05) is 41.5 Å². The Morgan fingerprint density at radius 3 is 2.00 bits per heavy atom. The van der Waals surface area contributed by atoms with Crippen LogP contribution in [0, 0.1) is 0 Å². The predicted molar refractivity (Wildman–Crippen MR) is 75.4 cm³/mol. The number of carbonyl (C=O) groups is 2. The first kappa shape index (κ1) is 16.8. The molecule has 116 valence electrons. The van der Waals surface area contributed by atoms with Gasteiger partial charge in [0.15, 0.2) is 0 Å². The van der Waals surface area contributed by atoms with E-state index < -0.39 is 11.2 Å². The molecule has 1 rings (SSSR count). The van der Waals surface area contributed by atoms with Gasteiger partial charge in [-0.15, -0.1) is 0 Å². The van der Waals surface area contributed by atoms with Gasteiger partial charge in [0.1, 0.15) is 11.2 Å². The molecule has 1 aliphatic rings. The molecule has 0 aromatic carbocycles. The Balaban J connectivity index is 2.20. The van der Waals surface area contributed by atoms with Crippen molar-refractivity contribution in [3.8, 4) is 0 Å². The molecular weight excluding hydrogens is 260 g/mol. The molecule has 0 saturated carbocycles. The summed E-state index contributed by atoms with van der Waals surface area (Å²) in [5.74, 6) is -0.284. The predicted octanol–water partition coefficient (Wildman–Crippen LogP) is 1.54. The molecule has 1 saturated heterocycles. The fraction of sp³-hybridized carbons (Fsp3) is 0.857. The van der Waals surface area contributed by atoms with Crippen LogP contribution in [-0.2, 0) is 14.3 Å². The Bertz CT molecular complexity index is 360. The molecule has 0 aromatic rings. The Kier molecular flexibility index (Phi) is 5.02. The van der Waals surface area contributed by atoms with Crippen LogP contribution in [0.4, 0.5) is 4.79 Å². The first-order valence-electron chi connectivity index (χ1n) is 6.89. The van der Waals surface area contributed by atoms with Crippen molar-refractivity contribution in [3.05, 3.63) is 0 Å². The third-order valence-electron chi connectivity index (χ3n) is 2.49. The van der Waals surface area contributed by atoms with Gasteiger partial charge in [-0.05, 0) is 41.5 Å². The van der Waals surface area contributed by atoms with Gasteiger partial charge in [0.05, 0.1) is 6.54 Å². The first-order chi connectivity index (χ1) is 8.96. The van der Waals surface area contributed by atoms with Crippen LogP contribution in [-0.4, -0.2) is 53.8 Å². The summed E-state index contributed by atoms with van der Waals surface area (Å²) in [6, 6.07) is 0.120. The highest BCUT2D eigenvalue weighted by molar-refractivity contribution is 5.72. The standard InChI is InChI=1S/C14H26N2O4/c1-13(2,3)19-11(17)7-15-10-8-16(9-10)12(18)20-14(4,5)6/h10,15H,7-9H2,1-6H3. The molecule has 0 radical (unpaired) electrons. The summed E-state index contributed by atoms with van der Waals surface area (Å²) in [4.78, 5) is 24.8. The molecule has 0 spiro atoms. The molecule has 6 nitrogen and oxygen atoms in total. The van der Waals surface area contributed by atoms with E-state index in [2.05, 4.69) is 5.32 Å². The van der Waals surface area contributed by atoms with Crippen LogP contribution in [0.2, 0.25) is 0 Å². The molecule has 1 fully saturated rings. The van der Waals surface area contributed by atoms with Crippen LogP contribution in [0.25, 0.3) is 0 Å². The summed E-state index contributed by atoms with van der Waals surface area (Å²) < 4.78 is 10.4. The first-order valence-corrected chi connectivity index (χ1v) is 6.89. The molecule has 0 aliphatic carbocycles. The maximum absolute atomic E-state index is 11.7. The van der Waals surface area contributed by atoms with Crippen LogP contribution < -0.4 is 5.32 Å². The zero-order valence-electron chi connectivity index (χ0n) is 13.3. The fourth-order valence-corrected chi connectivity index (χ4v) is 1.69. The molecule has 0 bridgehead atoms. The van der Waals surface area contributed by atoms with Gasteiger partial charge in [0.2, 0.25) is 0 Å². The van der Waals surface area contributed by atoms with Crippen molar-refractivity contribution in [2.45, 2.75) is 58.8 Å². The highest BCUT2D eigenvalue weighted by Crippen LogP contribution is 2.15. The zero-order chi connectivity index (χ0) is 15.6. The van der Waals surface area contributed by atoms with Gasteiger partial charge in [-0.2, -0.15) is 0 Å². The van der Waals surface area contributed by atoms with Gasteiger partial charge in [0, 0.05) is 19.1 Å². The molecule has 6 heteroatoms. The van der Waals surface area contributed by atoms with Crippen LogP contribution in [0.5, 0.6) is 0 Å². The molecule has 20 heavy (non-hydrogen) atoms. The number of hydrogen-bond donors (Lipinski definition) is 1. The van der Waals surface area contributed by atoms with Crippen molar-refractivity contribution in [2.75, 3.05) is 19.6 Å². The lowest BCUT2D eigenvalue weighted by molar-refractivity contribution is -0.153. The van der Waals surface area contributed by atoms with Crippen molar-refractivity contribution < 1.29 is 19.1 Å². The molecule has 0 unspecified atom stereocenters. The largest absolute Gasteiger partial charge is 0.459 e. The molecule has 0 aromatic heterocycles. The second-order valence-corrected chi connectivity index (χ2v) is 7.05. The maximum atomic E-state index is 11.7. The van der Waals surface area contributed by atoms with E-state index in [-0.39, 0.29) is 24.6 Å². The van der Waals surface area contributed by atoms with Crippen molar-refractivity contribution in [3.63, 3.8) is 0 Å². The summed E-state index contributed by atoms with van der Waals surface area (Å²) in [7, 11) is 0. The summed E-state index contributed by atoms with van der Waals surface area (Å²) in [6.45, 7) is 12.3. The van der Waals surface area contributed by atoms with Gasteiger partial charge < -0.3 is 19.7 Å². The number of hydrogen-bond acceptors (Lipinski definition) is 5. The molecule has 1 heterocycles. The number of likely N-dealkylation sites (tertiary alicyclic amines) is 1. The van der Waals surface area contributed by atoms with Gasteiger partial charge in [0.25, 0.3) is 0 Å². The van der Waals surface area contributed by atoms with Crippen molar-refractivity contribution in [1.29, 1.82) is 0 Å². The van der Waals surface area contributed by atoms with Crippen molar-refractivity contribution in [1.82, 2.24) is 10.2 Å². The van der Waals surface area contributed by atoms with E-state index in [1.165, 1.54) is 0 Å². The van der Waals surface area contributed by atoms with Crippen LogP contribution in [0.1, 0.15) is 41.5 Å². The maximum Gasteiger partial charge on any atom is 0.410 e. The third-order valence-corrected chi connectivity index (χ3v) is 2.49. The number of esters is 1. The van der Waals surface area contributed by atoms with Crippen molar-refractivity contribution in [2.24, 2.45) is 0 Å². The quantitative estimate of drug-likeness (QED) is 0.797. The number of nitrogens with one attached hydrogen (secondary N) is 1.